The third-order valence-corrected chi connectivity index (χ3v) is 7.49. The van der Waals surface area contributed by atoms with E-state index in [4.69, 9.17) is 5.11 Å². The molecule has 154 valence electrons. The third kappa shape index (κ3) is 4.32. The molecule has 0 radical (unpaired) electrons. The minimum atomic E-state index is -0.747. The Kier molecular flexibility index (Phi) is 5.90. The summed E-state index contributed by atoms with van der Waals surface area (Å²) in [5, 5.41) is 24.5. The van der Waals surface area contributed by atoms with Gasteiger partial charge in [-0.2, -0.15) is 0 Å². The summed E-state index contributed by atoms with van der Waals surface area (Å²) >= 11 is 1.52. The Hall–Kier alpha value is -2.34. The molecule has 29 heavy (non-hydrogen) atoms. The van der Waals surface area contributed by atoms with E-state index in [0.717, 1.165) is 22.9 Å². The highest BCUT2D eigenvalue weighted by atomic mass is 32.1. The lowest BCUT2D eigenvalue weighted by Gasteiger charge is -2.31. The molecule has 0 saturated heterocycles. The summed E-state index contributed by atoms with van der Waals surface area (Å²) in [6.07, 6.45) is 10.5. The maximum atomic E-state index is 13.0. The van der Waals surface area contributed by atoms with Gasteiger partial charge in [0.2, 0.25) is 0 Å². The van der Waals surface area contributed by atoms with Crippen molar-refractivity contribution in [2.75, 3.05) is 0 Å². The summed E-state index contributed by atoms with van der Waals surface area (Å²) < 4.78 is 1.00. The van der Waals surface area contributed by atoms with Crippen molar-refractivity contribution in [3.63, 3.8) is 0 Å². The molecule has 2 saturated carbocycles. The molecule has 0 spiro atoms. The van der Waals surface area contributed by atoms with Gasteiger partial charge in [-0.3, -0.25) is 9.59 Å². The Morgan fingerprint density at radius 2 is 2.03 bits per heavy atom. The van der Waals surface area contributed by atoms with Crippen LogP contribution in [0.2, 0.25) is 0 Å². The number of benzene rings is 1. The van der Waals surface area contributed by atoms with E-state index in [1.165, 1.54) is 30.6 Å². The number of carbonyl (C=O) groups is 2. The number of carboxylic acid groups (broad SMARTS) is 1. The maximum absolute atomic E-state index is 13.0. The summed E-state index contributed by atoms with van der Waals surface area (Å²) in [6, 6.07) is 5.35. The van der Waals surface area contributed by atoms with Gasteiger partial charge in [0, 0.05) is 27.9 Å². The van der Waals surface area contributed by atoms with Gasteiger partial charge < -0.3 is 15.5 Å². The Balaban J connectivity index is 1.41. The van der Waals surface area contributed by atoms with Crippen LogP contribution in [0.3, 0.4) is 0 Å². The number of allylic oxidation sites excluding steroid dienone is 2. The number of nitrogens with one attached hydrogen (secondary N) is 1. The molecule has 3 unspecified atom stereocenters. The second kappa shape index (κ2) is 8.57. The molecule has 3 N–H and O–H groups in total. The van der Waals surface area contributed by atoms with Crippen molar-refractivity contribution in [3.05, 3.63) is 41.3 Å². The fourth-order valence-electron chi connectivity index (χ4n) is 5.14. The lowest BCUT2D eigenvalue weighted by atomic mass is 9.82. The molecule has 2 aliphatic carbocycles. The molecule has 2 bridgehead atoms. The van der Waals surface area contributed by atoms with Crippen LogP contribution in [0.25, 0.3) is 10.1 Å². The molecular formula is C23H27NO4S. The van der Waals surface area contributed by atoms with Gasteiger partial charge in [0.05, 0.1) is 5.56 Å². The minimum absolute atomic E-state index is 0.0464. The number of thiophene rings is 1. The van der Waals surface area contributed by atoms with Crippen molar-refractivity contribution in [1.82, 2.24) is 5.32 Å². The molecule has 1 aromatic heterocycles. The van der Waals surface area contributed by atoms with E-state index in [-0.39, 0.29) is 24.1 Å². The van der Waals surface area contributed by atoms with Crippen LogP contribution >= 0.6 is 11.3 Å². The zero-order valence-electron chi connectivity index (χ0n) is 16.3. The highest BCUT2D eigenvalue weighted by molar-refractivity contribution is 7.17. The monoisotopic (exact) mass is 413 g/mol. The normalized spacial score (nSPS) is 25.8. The number of fused-ring (bicyclic) bond motifs is 3. The quantitative estimate of drug-likeness (QED) is 0.422. The van der Waals surface area contributed by atoms with Gasteiger partial charge in [0.25, 0.3) is 5.91 Å². The Bertz CT molecular complexity index is 934. The lowest BCUT2D eigenvalue weighted by molar-refractivity contribution is -0.137. The van der Waals surface area contributed by atoms with E-state index in [2.05, 4.69) is 17.5 Å². The van der Waals surface area contributed by atoms with Crippen molar-refractivity contribution < 1.29 is 19.8 Å². The van der Waals surface area contributed by atoms with Crippen molar-refractivity contribution in [2.24, 2.45) is 17.8 Å². The van der Waals surface area contributed by atoms with Crippen LogP contribution in [0.4, 0.5) is 0 Å². The van der Waals surface area contributed by atoms with E-state index in [1.54, 1.807) is 12.1 Å². The first-order valence-corrected chi connectivity index (χ1v) is 11.3. The molecule has 1 heterocycles. The van der Waals surface area contributed by atoms with Gasteiger partial charge >= 0.3 is 5.97 Å². The van der Waals surface area contributed by atoms with Crippen LogP contribution in [0.1, 0.15) is 55.3 Å². The van der Waals surface area contributed by atoms with Crippen LogP contribution in [0.5, 0.6) is 5.75 Å². The van der Waals surface area contributed by atoms with Gasteiger partial charge in [-0.1, -0.05) is 12.2 Å². The van der Waals surface area contributed by atoms with Crippen LogP contribution in [0.15, 0.2) is 35.7 Å². The van der Waals surface area contributed by atoms with Crippen LogP contribution < -0.4 is 5.32 Å². The zero-order chi connectivity index (χ0) is 20.4. The van der Waals surface area contributed by atoms with Gasteiger partial charge in [-0.25, -0.2) is 0 Å². The SMILES string of the molecule is O=C(O)CCC/C=C\CC1C2CC[C@H](C2)C1NC(=O)c1csc2ccc(O)cc12. The number of amides is 1. The van der Waals surface area contributed by atoms with E-state index in [0.29, 0.717) is 29.7 Å². The van der Waals surface area contributed by atoms with Crippen LogP contribution in [-0.2, 0) is 4.79 Å². The van der Waals surface area contributed by atoms with E-state index < -0.39 is 5.97 Å². The summed E-state index contributed by atoms with van der Waals surface area (Å²) in [5.74, 6) is 1.05. The van der Waals surface area contributed by atoms with E-state index >= 15 is 0 Å². The van der Waals surface area contributed by atoms with E-state index in [9.17, 15) is 14.7 Å². The fourth-order valence-corrected chi connectivity index (χ4v) is 6.06. The average Bonchev–Trinajstić information content (AvgIpc) is 3.39. The summed E-state index contributed by atoms with van der Waals surface area (Å²) in [6.45, 7) is 0. The highest BCUT2D eigenvalue weighted by Crippen LogP contribution is 2.50. The van der Waals surface area contributed by atoms with Crippen molar-refractivity contribution in [2.45, 2.75) is 51.0 Å². The second-order valence-electron chi connectivity index (χ2n) is 8.32. The molecule has 1 aromatic carbocycles. The molecule has 5 nitrogen and oxygen atoms in total. The minimum Gasteiger partial charge on any atom is -0.508 e. The Morgan fingerprint density at radius 1 is 1.21 bits per heavy atom. The van der Waals surface area contributed by atoms with Gasteiger partial charge in [-0.05, 0) is 74.5 Å². The molecule has 1 amide bonds. The summed E-state index contributed by atoms with van der Waals surface area (Å²) in [5.41, 5.74) is 0.645. The first kappa shape index (κ1) is 20.0. The first-order valence-electron chi connectivity index (χ1n) is 10.4. The molecule has 4 atom stereocenters. The number of unbranched alkanes of at least 4 members (excludes halogenated alkanes) is 1. The van der Waals surface area contributed by atoms with Crippen LogP contribution in [0, 0.1) is 17.8 Å². The number of hydrogen-bond donors (Lipinski definition) is 3. The molecule has 0 aliphatic heterocycles. The first-order chi connectivity index (χ1) is 14.0. The smallest absolute Gasteiger partial charge is 0.303 e. The number of aliphatic carboxylic acids is 1. The summed E-state index contributed by atoms with van der Waals surface area (Å²) in [7, 11) is 0. The third-order valence-electron chi connectivity index (χ3n) is 6.52. The molecular weight excluding hydrogens is 386 g/mol. The number of phenols is 1. The average molecular weight is 414 g/mol. The number of hydrogen-bond acceptors (Lipinski definition) is 4. The zero-order valence-corrected chi connectivity index (χ0v) is 17.2. The van der Waals surface area contributed by atoms with Crippen molar-refractivity contribution in [3.8, 4) is 5.75 Å². The summed E-state index contributed by atoms with van der Waals surface area (Å²) in [4.78, 5) is 23.6. The number of phenolic OH excluding ortho intramolecular Hbond substituents is 1. The maximum Gasteiger partial charge on any atom is 0.303 e. The van der Waals surface area contributed by atoms with Gasteiger partial charge in [0.15, 0.2) is 0 Å². The molecule has 2 aliphatic rings. The molecule has 6 heteroatoms. The number of carboxylic acids is 1. The van der Waals surface area contributed by atoms with Gasteiger partial charge in [-0.15, -0.1) is 11.3 Å². The predicted molar refractivity (Wildman–Crippen MR) is 114 cm³/mol. The fraction of sp³-hybridized carbons (Fsp3) is 0.478. The Labute approximate surface area is 174 Å². The number of aromatic hydroxyl groups is 1. The number of rotatable bonds is 8. The highest BCUT2D eigenvalue weighted by Gasteiger charge is 2.47. The largest absolute Gasteiger partial charge is 0.508 e. The van der Waals surface area contributed by atoms with Crippen molar-refractivity contribution in [1.29, 1.82) is 0 Å². The molecule has 2 fully saturated rings. The number of carbonyl (C=O) groups excluding carboxylic acids is 1. The molecule has 2 aromatic rings. The predicted octanol–water partition coefficient (Wildman–Crippen LogP) is 4.95. The van der Waals surface area contributed by atoms with Gasteiger partial charge in [0.1, 0.15) is 5.75 Å². The van der Waals surface area contributed by atoms with Crippen LogP contribution in [-0.4, -0.2) is 28.1 Å². The standard InChI is InChI=1S/C23H27NO4S/c25-16-9-10-20-18(12-16)19(13-29-20)23(28)24-22-15-8-7-14(11-15)17(22)5-3-1-2-4-6-21(26)27/h1,3,9-10,12-15,17,22,25H,2,4-8,11H2,(H,24,28)(H,26,27)/b3-1-/t14?,15-,17?,22?/m1/s1. The Morgan fingerprint density at radius 3 is 2.86 bits per heavy atom. The topological polar surface area (TPSA) is 86.6 Å². The lowest BCUT2D eigenvalue weighted by Crippen LogP contribution is -2.43. The van der Waals surface area contributed by atoms with Crippen molar-refractivity contribution >= 4 is 33.3 Å². The second-order valence-corrected chi connectivity index (χ2v) is 9.23. The van der Waals surface area contributed by atoms with E-state index in [1.807, 2.05) is 11.4 Å². The molecule has 4 rings (SSSR count).